The van der Waals surface area contributed by atoms with E-state index in [-0.39, 0.29) is 0 Å². The zero-order valence-corrected chi connectivity index (χ0v) is 9.93. The minimum absolute atomic E-state index is 0.416. The number of hydrogen-bond acceptors (Lipinski definition) is 3. The van der Waals surface area contributed by atoms with Crippen molar-refractivity contribution >= 4 is 11.9 Å². The summed E-state index contributed by atoms with van der Waals surface area (Å²) in [4.78, 5) is 26.3. The largest absolute Gasteiger partial charge is 0.480 e. The highest BCUT2D eigenvalue weighted by Gasteiger charge is 2.35. The highest BCUT2D eigenvalue weighted by molar-refractivity contribution is 6.00. The van der Waals surface area contributed by atoms with Crippen LogP contribution >= 0.6 is 0 Å². The van der Waals surface area contributed by atoms with Gasteiger partial charge in [0, 0.05) is 18.9 Å². The van der Waals surface area contributed by atoms with Crippen LogP contribution in [-0.4, -0.2) is 28.5 Å². The van der Waals surface area contributed by atoms with Gasteiger partial charge in [0.2, 0.25) is 5.91 Å². The van der Waals surface area contributed by atoms with Gasteiger partial charge in [-0.3, -0.25) is 14.6 Å². The molecule has 1 rings (SSSR count). The van der Waals surface area contributed by atoms with Crippen molar-refractivity contribution in [1.29, 1.82) is 0 Å². The number of aliphatic carboxylic acids is 1. The SMILES string of the molecule is CC(C)(C(=O)O)C(=O)NCCc1ccncc1. The normalized spacial score (nSPS) is 10.9. The number of pyridine rings is 1. The van der Waals surface area contributed by atoms with Crippen LogP contribution in [0.3, 0.4) is 0 Å². The minimum Gasteiger partial charge on any atom is -0.480 e. The van der Waals surface area contributed by atoms with Gasteiger partial charge in [-0.15, -0.1) is 0 Å². The van der Waals surface area contributed by atoms with Crippen molar-refractivity contribution in [2.45, 2.75) is 20.3 Å². The van der Waals surface area contributed by atoms with Crippen LogP contribution in [0, 0.1) is 5.41 Å². The predicted octanol–water partition coefficient (Wildman–Crippen LogP) is 0.851. The van der Waals surface area contributed by atoms with Crippen molar-refractivity contribution in [1.82, 2.24) is 10.3 Å². The Hall–Kier alpha value is -1.91. The highest BCUT2D eigenvalue weighted by Crippen LogP contribution is 2.14. The lowest BCUT2D eigenvalue weighted by Gasteiger charge is -2.18. The van der Waals surface area contributed by atoms with Crippen LogP contribution in [0.4, 0.5) is 0 Å². The maximum absolute atomic E-state index is 11.6. The number of amides is 1. The third-order valence-corrected chi connectivity index (χ3v) is 2.55. The summed E-state index contributed by atoms with van der Waals surface area (Å²) in [7, 11) is 0. The Kier molecular flexibility index (Phi) is 4.20. The van der Waals surface area contributed by atoms with E-state index in [1.165, 1.54) is 13.8 Å². The minimum atomic E-state index is -1.39. The van der Waals surface area contributed by atoms with Crippen molar-refractivity contribution in [2.24, 2.45) is 5.41 Å². The molecule has 0 aromatic carbocycles. The highest BCUT2D eigenvalue weighted by atomic mass is 16.4. The quantitative estimate of drug-likeness (QED) is 0.743. The fourth-order valence-electron chi connectivity index (χ4n) is 1.19. The number of rotatable bonds is 5. The molecule has 0 aliphatic heterocycles. The van der Waals surface area contributed by atoms with Gasteiger partial charge in [-0.1, -0.05) is 0 Å². The monoisotopic (exact) mass is 236 g/mol. The molecule has 0 bridgehead atoms. The molecular weight excluding hydrogens is 220 g/mol. The predicted molar refractivity (Wildman–Crippen MR) is 62.4 cm³/mol. The number of nitrogens with one attached hydrogen (secondary N) is 1. The molecule has 0 aliphatic carbocycles. The molecule has 0 aliphatic rings. The van der Waals surface area contributed by atoms with E-state index < -0.39 is 17.3 Å². The van der Waals surface area contributed by atoms with Crippen LogP contribution in [0.2, 0.25) is 0 Å². The van der Waals surface area contributed by atoms with Crippen LogP contribution in [0.15, 0.2) is 24.5 Å². The second-order valence-corrected chi connectivity index (χ2v) is 4.29. The molecule has 0 spiro atoms. The molecule has 0 fully saturated rings. The zero-order chi connectivity index (χ0) is 12.9. The maximum atomic E-state index is 11.6. The fourth-order valence-corrected chi connectivity index (χ4v) is 1.19. The molecule has 5 heteroatoms. The second kappa shape index (κ2) is 5.43. The van der Waals surface area contributed by atoms with Crippen LogP contribution in [0.5, 0.6) is 0 Å². The number of hydrogen-bond donors (Lipinski definition) is 2. The van der Waals surface area contributed by atoms with E-state index in [1.807, 2.05) is 12.1 Å². The fraction of sp³-hybridized carbons (Fsp3) is 0.417. The molecule has 92 valence electrons. The van der Waals surface area contributed by atoms with E-state index in [1.54, 1.807) is 12.4 Å². The third-order valence-electron chi connectivity index (χ3n) is 2.55. The summed E-state index contributed by atoms with van der Waals surface area (Å²) in [5, 5.41) is 11.5. The first-order valence-corrected chi connectivity index (χ1v) is 5.35. The average molecular weight is 236 g/mol. The molecule has 0 unspecified atom stereocenters. The van der Waals surface area contributed by atoms with Crippen molar-refractivity contribution in [2.75, 3.05) is 6.54 Å². The summed E-state index contributed by atoms with van der Waals surface area (Å²) >= 11 is 0. The van der Waals surface area contributed by atoms with E-state index in [4.69, 9.17) is 5.11 Å². The third kappa shape index (κ3) is 3.55. The molecule has 2 N–H and O–H groups in total. The number of carbonyl (C=O) groups excluding carboxylic acids is 1. The van der Waals surface area contributed by atoms with E-state index >= 15 is 0 Å². The summed E-state index contributed by atoms with van der Waals surface area (Å²) in [6.45, 7) is 3.19. The number of carboxylic acid groups (broad SMARTS) is 1. The molecule has 1 heterocycles. The summed E-state index contributed by atoms with van der Waals surface area (Å²) in [5.41, 5.74) is -0.341. The Balaban J connectivity index is 2.42. The van der Waals surface area contributed by atoms with E-state index in [2.05, 4.69) is 10.3 Å². The molecule has 0 saturated carbocycles. The van der Waals surface area contributed by atoms with Gasteiger partial charge in [0.05, 0.1) is 0 Å². The Labute approximate surface area is 99.9 Å². The van der Waals surface area contributed by atoms with Crippen LogP contribution in [-0.2, 0) is 16.0 Å². The average Bonchev–Trinajstić information content (AvgIpc) is 2.30. The lowest BCUT2D eigenvalue weighted by molar-refractivity contribution is -0.153. The molecule has 1 aromatic heterocycles. The first kappa shape index (κ1) is 13.2. The van der Waals surface area contributed by atoms with Gasteiger partial charge in [0.1, 0.15) is 5.41 Å². The molecule has 1 aromatic rings. The molecule has 17 heavy (non-hydrogen) atoms. The van der Waals surface area contributed by atoms with Crippen molar-refractivity contribution in [3.63, 3.8) is 0 Å². The molecule has 0 atom stereocenters. The van der Waals surface area contributed by atoms with E-state index in [0.29, 0.717) is 13.0 Å². The van der Waals surface area contributed by atoms with Gasteiger partial charge in [0.25, 0.3) is 0 Å². The lowest BCUT2D eigenvalue weighted by atomic mass is 9.92. The topological polar surface area (TPSA) is 79.3 Å². The first-order valence-electron chi connectivity index (χ1n) is 5.35. The number of carbonyl (C=O) groups is 2. The summed E-state index contributed by atoms with van der Waals surface area (Å²) in [5.74, 6) is -1.60. The second-order valence-electron chi connectivity index (χ2n) is 4.29. The smallest absolute Gasteiger partial charge is 0.318 e. The van der Waals surface area contributed by atoms with Crippen LogP contribution in [0.1, 0.15) is 19.4 Å². The molecular formula is C12H16N2O3. The molecule has 1 amide bonds. The zero-order valence-electron chi connectivity index (χ0n) is 9.93. The molecule has 0 radical (unpaired) electrons. The maximum Gasteiger partial charge on any atom is 0.318 e. The van der Waals surface area contributed by atoms with Gasteiger partial charge in [-0.05, 0) is 38.0 Å². The number of nitrogens with zero attached hydrogens (tertiary/aromatic N) is 1. The van der Waals surface area contributed by atoms with Gasteiger partial charge < -0.3 is 10.4 Å². The van der Waals surface area contributed by atoms with Crippen molar-refractivity contribution in [3.05, 3.63) is 30.1 Å². The van der Waals surface area contributed by atoms with Gasteiger partial charge in [-0.2, -0.15) is 0 Å². The summed E-state index contributed by atoms with van der Waals surface area (Å²) in [6, 6.07) is 3.71. The van der Waals surface area contributed by atoms with E-state index in [9.17, 15) is 9.59 Å². The molecule has 0 saturated heterocycles. The summed E-state index contributed by atoms with van der Waals surface area (Å²) < 4.78 is 0. The van der Waals surface area contributed by atoms with Gasteiger partial charge in [-0.25, -0.2) is 0 Å². The van der Waals surface area contributed by atoms with Gasteiger partial charge in [0.15, 0.2) is 0 Å². The van der Waals surface area contributed by atoms with E-state index in [0.717, 1.165) is 5.56 Å². The standard InChI is InChI=1S/C12H16N2O3/c1-12(2,11(16)17)10(15)14-8-5-9-3-6-13-7-4-9/h3-4,6-7H,5,8H2,1-2H3,(H,14,15)(H,16,17). The van der Waals surface area contributed by atoms with Gasteiger partial charge >= 0.3 is 5.97 Å². The number of carboxylic acids is 1. The first-order chi connectivity index (χ1) is 7.94. The Morgan fingerprint density at radius 2 is 1.94 bits per heavy atom. The van der Waals surface area contributed by atoms with Crippen molar-refractivity contribution < 1.29 is 14.7 Å². The Morgan fingerprint density at radius 3 is 2.47 bits per heavy atom. The number of aromatic nitrogens is 1. The van der Waals surface area contributed by atoms with Crippen LogP contribution < -0.4 is 5.32 Å². The Morgan fingerprint density at radius 1 is 1.35 bits per heavy atom. The van der Waals surface area contributed by atoms with Crippen molar-refractivity contribution in [3.8, 4) is 0 Å². The van der Waals surface area contributed by atoms with Crippen LogP contribution in [0.25, 0.3) is 0 Å². The molecule has 5 nitrogen and oxygen atoms in total. The Bertz CT molecular complexity index is 401. The summed E-state index contributed by atoms with van der Waals surface area (Å²) in [6.07, 6.45) is 4.01. The lowest BCUT2D eigenvalue weighted by Crippen LogP contribution is -2.42.